The molecule has 1 aromatic carbocycles. The molecule has 2 nitrogen and oxygen atoms in total. The van der Waals surface area contributed by atoms with Gasteiger partial charge in [0.15, 0.2) is 0 Å². The van der Waals surface area contributed by atoms with Crippen molar-refractivity contribution in [1.29, 1.82) is 0 Å². The average molecular weight is 363 g/mol. The van der Waals surface area contributed by atoms with Crippen LogP contribution in [-0.4, -0.2) is 8.32 Å². The molecule has 0 aromatic heterocycles. The van der Waals surface area contributed by atoms with Gasteiger partial charge in [-0.1, -0.05) is 76.6 Å². The Balaban J connectivity index is 3.23. The highest BCUT2D eigenvalue weighted by Gasteiger charge is 2.46. The maximum absolute atomic E-state index is 6.38. The number of allylic oxidation sites excluding steroid dienone is 2. The molecule has 25 heavy (non-hydrogen) atoms. The van der Waals surface area contributed by atoms with Gasteiger partial charge < -0.3 is 0 Å². The lowest BCUT2D eigenvalue weighted by Gasteiger charge is -2.45. The van der Waals surface area contributed by atoms with Crippen molar-refractivity contribution < 1.29 is 9.46 Å². The van der Waals surface area contributed by atoms with Crippen LogP contribution in [0.4, 0.5) is 0 Å². The van der Waals surface area contributed by atoms with Gasteiger partial charge in [0.25, 0.3) is 0 Å². The number of hydrogen-bond donors (Lipinski definition) is 0. The lowest BCUT2D eigenvalue weighted by Crippen LogP contribution is -2.46. The van der Waals surface area contributed by atoms with Gasteiger partial charge in [0.05, 0.1) is 0 Å². The fraction of sp³-hybridized carbons (Fsp3) is 0.636. The molecular formula is C22H38O2Si. The first-order valence-corrected chi connectivity index (χ1v) is 12.2. The van der Waals surface area contributed by atoms with E-state index in [1.807, 2.05) is 0 Å². The lowest BCUT2D eigenvalue weighted by molar-refractivity contribution is -0.333. The molecule has 0 N–H and O–H groups in total. The lowest BCUT2D eigenvalue weighted by atomic mass is 9.70. The zero-order valence-electron chi connectivity index (χ0n) is 17.6. The van der Waals surface area contributed by atoms with Crippen molar-refractivity contribution in [1.82, 2.24) is 0 Å². The summed E-state index contributed by atoms with van der Waals surface area (Å²) in [6, 6.07) is 13.8. The van der Waals surface area contributed by atoms with E-state index in [4.69, 9.17) is 9.46 Å². The highest BCUT2D eigenvalue weighted by atomic mass is 28.4. The largest absolute Gasteiger partial charge is 0.285 e. The van der Waals surface area contributed by atoms with Crippen molar-refractivity contribution in [2.24, 2.45) is 5.41 Å². The van der Waals surface area contributed by atoms with Gasteiger partial charge >= 0.3 is 0 Å². The first-order chi connectivity index (χ1) is 11.7. The molecule has 1 rings (SSSR count). The summed E-state index contributed by atoms with van der Waals surface area (Å²) in [5, 5.41) is 0. The van der Waals surface area contributed by atoms with Crippen LogP contribution in [0.2, 0.25) is 18.1 Å². The van der Waals surface area contributed by atoms with Gasteiger partial charge in [0.2, 0.25) is 8.32 Å². The van der Waals surface area contributed by atoms with E-state index in [0.717, 1.165) is 24.6 Å². The quantitative estimate of drug-likeness (QED) is 0.189. The predicted molar refractivity (Wildman–Crippen MR) is 111 cm³/mol. The summed E-state index contributed by atoms with van der Waals surface area (Å²) in [4.78, 5) is 6.38. The van der Waals surface area contributed by atoms with Gasteiger partial charge in [-0.05, 0) is 50.9 Å². The Morgan fingerprint density at radius 1 is 0.960 bits per heavy atom. The third kappa shape index (κ3) is 5.29. The molecular weight excluding hydrogens is 324 g/mol. The van der Waals surface area contributed by atoms with Gasteiger partial charge in [0.1, 0.15) is 5.60 Å². The smallest absolute Gasteiger partial charge is 0.238 e. The zero-order chi connectivity index (χ0) is 19.1. The minimum Gasteiger partial charge on any atom is -0.285 e. The first kappa shape index (κ1) is 22.1. The third-order valence-electron chi connectivity index (χ3n) is 5.95. The zero-order valence-corrected chi connectivity index (χ0v) is 18.6. The summed E-state index contributed by atoms with van der Waals surface area (Å²) in [6.45, 7) is 17.7. The van der Waals surface area contributed by atoms with Crippen molar-refractivity contribution in [3.05, 3.63) is 47.5 Å². The Labute approximate surface area is 156 Å². The van der Waals surface area contributed by atoms with E-state index < -0.39 is 13.9 Å². The Bertz CT molecular complexity index is 534. The second-order valence-electron chi connectivity index (χ2n) is 8.18. The van der Waals surface area contributed by atoms with E-state index in [1.165, 1.54) is 11.1 Å². The highest BCUT2D eigenvalue weighted by molar-refractivity contribution is 6.73. The molecule has 0 aliphatic carbocycles. The minimum atomic E-state index is -1.82. The van der Waals surface area contributed by atoms with Crippen molar-refractivity contribution in [3.8, 4) is 0 Å². The fourth-order valence-corrected chi connectivity index (χ4v) is 5.26. The third-order valence-corrected chi connectivity index (χ3v) is 10.3. The fourth-order valence-electron chi connectivity index (χ4n) is 3.06. The summed E-state index contributed by atoms with van der Waals surface area (Å²) in [5.74, 6) is 0. The Morgan fingerprint density at radius 2 is 1.48 bits per heavy atom. The van der Waals surface area contributed by atoms with Crippen LogP contribution in [0.15, 0.2) is 42.0 Å². The molecule has 3 heteroatoms. The van der Waals surface area contributed by atoms with Crippen LogP contribution >= 0.6 is 0 Å². The van der Waals surface area contributed by atoms with Gasteiger partial charge in [-0.2, -0.15) is 0 Å². The molecule has 1 unspecified atom stereocenters. The Hall–Kier alpha value is -0.903. The average Bonchev–Trinajstić information content (AvgIpc) is 2.62. The summed E-state index contributed by atoms with van der Waals surface area (Å²) in [7, 11) is -1.82. The monoisotopic (exact) mass is 362 g/mol. The molecule has 1 atom stereocenters. The van der Waals surface area contributed by atoms with Crippen LogP contribution in [0.25, 0.3) is 0 Å². The van der Waals surface area contributed by atoms with Crippen molar-refractivity contribution in [2.75, 3.05) is 0 Å². The second kappa shape index (κ2) is 9.16. The van der Waals surface area contributed by atoms with Crippen molar-refractivity contribution in [2.45, 2.75) is 85.5 Å². The van der Waals surface area contributed by atoms with Gasteiger partial charge in [0, 0.05) is 5.41 Å². The van der Waals surface area contributed by atoms with Crippen molar-refractivity contribution >= 4 is 8.32 Å². The second-order valence-corrected chi connectivity index (χ2v) is 12.8. The van der Waals surface area contributed by atoms with E-state index >= 15 is 0 Å². The first-order valence-electron chi connectivity index (χ1n) is 9.72. The van der Waals surface area contributed by atoms with E-state index in [-0.39, 0.29) is 5.41 Å². The molecule has 0 bridgehead atoms. The Kier molecular flexibility index (Phi) is 8.11. The molecule has 1 aromatic rings. The molecule has 0 fully saturated rings. The van der Waals surface area contributed by atoms with Gasteiger partial charge in [-0.25, -0.2) is 4.89 Å². The number of benzene rings is 1. The number of rotatable bonds is 10. The summed E-state index contributed by atoms with van der Waals surface area (Å²) < 4.78 is 6.31. The molecule has 0 aliphatic rings. The molecule has 0 saturated carbocycles. The molecule has 0 radical (unpaired) electrons. The van der Waals surface area contributed by atoms with Gasteiger partial charge in [-0.15, -0.1) is 0 Å². The normalized spacial score (nSPS) is 14.9. The standard InChI is InChI=1S/C22H38O2Si/c1-9-25(10-2,11-3)24-23-22(8,20-15-13-12-14-16-20)21(6,7)18-17-19(4)5/h12-17H,9-11,18H2,1-8H3. The highest BCUT2D eigenvalue weighted by Crippen LogP contribution is 2.46. The summed E-state index contributed by atoms with van der Waals surface area (Å²) in [5.41, 5.74) is 1.91. The van der Waals surface area contributed by atoms with Crippen LogP contribution in [0, 0.1) is 5.41 Å². The molecule has 0 aliphatic heterocycles. The SMILES string of the molecule is CC[Si](CC)(CC)OOC(C)(c1ccccc1)C(C)(C)CC=C(C)C. The maximum atomic E-state index is 6.38. The van der Waals surface area contributed by atoms with E-state index in [2.05, 4.69) is 91.8 Å². The molecule has 0 heterocycles. The van der Waals surface area contributed by atoms with Crippen molar-refractivity contribution in [3.63, 3.8) is 0 Å². The molecule has 142 valence electrons. The van der Waals surface area contributed by atoms with Gasteiger partial charge in [-0.3, -0.25) is 4.58 Å². The van der Waals surface area contributed by atoms with Crippen LogP contribution in [-0.2, 0) is 15.1 Å². The van der Waals surface area contributed by atoms with Crippen LogP contribution < -0.4 is 0 Å². The summed E-state index contributed by atoms with van der Waals surface area (Å²) in [6.07, 6.45) is 3.25. The van der Waals surface area contributed by atoms with E-state index in [1.54, 1.807) is 0 Å². The summed E-state index contributed by atoms with van der Waals surface area (Å²) >= 11 is 0. The maximum Gasteiger partial charge on any atom is 0.238 e. The predicted octanol–water partition coefficient (Wildman–Crippen LogP) is 7.24. The van der Waals surface area contributed by atoms with E-state index in [0.29, 0.717) is 0 Å². The molecule has 0 saturated heterocycles. The van der Waals surface area contributed by atoms with E-state index in [9.17, 15) is 0 Å². The Morgan fingerprint density at radius 3 is 1.92 bits per heavy atom. The van der Waals surface area contributed by atoms with Crippen LogP contribution in [0.1, 0.15) is 67.4 Å². The molecule has 0 amide bonds. The van der Waals surface area contributed by atoms with Crippen LogP contribution in [0.3, 0.4) is 0 Å². The molecule has 0 spiro atoms. The topological polar surface area (TPSA) is 18.5 Å². The number of hydrogen-bond acceptors (Lipinski definition) is 2. The van der Waals surface area contributed by atoms with Crippen LogP contribution in [0.5, 0.6) is 0 Å². The minimum absolute atomic E-state index is 0.0962.